The summed E-state index contributed by atoms with van der Waals surface area (Å²) < 4.78 is 0. The molecule has 0 spiro atoms. The van der Waals surface area contributed by atoms with E-state index in [1.54, 1.807) is 0 Å². The number of aliphatic carboxylic acids is 1. The Balaban J connectivity index is 3.65. The van der Waals surface area contributed by atoms with Gasteiger partial charge in [0.15, 0.2) is 0 Å². The molecule has 0 saturated carbocycles. The first-order valence-electron chi connectivity index (χ1n) is 3.80. The van der Waals surface area contributed by atoms with E-state index in [1.807, 2.05) is 20.8 Å². The van der Waals surface area contributed by atoms with Gasteiger partial charge in [-0.25, -0.2) is 0 Å². The number of amides is 1. The number of nitrogens with one attached hydrogen (secondary N) is 1. The lowest BCUT2D eigenvalue weighted by atomic mass is 9.97. The maximum atomic E-state index is 10.8. The summed E-state index contributed by atoms with van der Waals surface area (Å²) in [5.74, 6) is -1.53. The highest BCUT2D eigenvalue weighted by atomic mass is 16.4. The standard InChI is InChI=1S/C8H15NO3/c1-8(2,3)5-9-6(10)4-7(11)12/h4-5H2,1-3H3,(H,9,10)(H,11,12). The van der Waals surface area contributed by atoms with Gasteiger partial charge in [-0.2, -0.15) is 0 Å². The van der Waals surface area contributed by atoms with Gasteiger partial charge in [-0.15, -0.1) is 0 Å². The van der Waals surface area contributed by atoms with E-state index in [0.29, 0.717) is 6.54 Å². The minimum atomic E-state index is -1.10. The van der Waals surface area contributed by atoms with Crippen LogP contribution in [0, 0.1) is 5.41 Å². The third-order valence-electron chi connectivity index (χ3n) is 1.13. The molecule has 0 saturated heterocycles. The van der Waals surface area contributed by atoms with Crippen molar-refractivity contribution >= 4 is 11.9 Å². The molecule has 0 aliphatic carbocycles. The molecule has 70 valence electrons. The Morgan fingerprint density at radius 1 is 1.33 bits per heavy atom. The monoisotopic (exact) mass is 173 g/mol. The largest absolute Gasteiger partial charge is 0.481 e. The topological polar surface area (TPSA) is 66.4 Å². The first-order valence-corrected chi connectivity index (χ1v) is 3.80. The van der Waals surface area contributed by atoms with Crippen LogP contribution in [0.4, 0.5) is 0 Å². The molecule has 0 aliphatic rings. The molecule has 0 fully saturated rings. The number of carboxylic acids is 1. The smallest absolute Gasteiger partial charge is 0.312 e. The lowest BCUT2D eigenvalue weighted by Crippen LogP contribution is -2.33. The lowest BCUT2D eigenvalue weighted by molar-refractivity contribution is -0.140. The normalized spacial score (nSPS) is 10.9. The molecule has 12 heavy (non-hydrogen) atoms. The summed E-state index contributed by atoms with van der Waals surface area (Å²) in [4.78, 5) is 20.9. The van der Waals surface area contributed by atoms with Crippen molar-refractivity contribution < 1.29 is 14.7 Å². The zero-order valence-corrected chi connectivity index (χ0v) is 7.68. The zero-order valence-electron chi connectivity index (χ0n) is 7.68. The van der Waals surface area contributed by atoms with Gasteiger partial charge in [-0.3, -0.25) is 9.59 Å². The van der Waals surface area contributed by atoms with Crippen molar-refractivity contribution in [1.82, 2.24) is 5.32 Å². The van der Waals surface area contributed by atoms with Crippen LogP contribution in [-0.4, -0.2) is 23.5 Å². The van der Waals surface area contributed by atoms with Crippen molar-refractivity contribution in [3.63, 3.8) is 0 Å². The SMILES string of the molecule is CC(C)(C)CNC(=O)CC(=O)O. The van der Waals surface area contributed by atoms with E-state index in [4.69, 9.17) is 5.11 Å². The number of hydrogen-bond donors (Lipinski definition) is 2. The molecule has 4 heteroatoms. The van der Waals surface area contributed by atoms with Gasteiger partial charge in [0.1, 0.15) is 6.42 Å². The Hall–Kier alpha value is -1.06. The van der Waals surface area contributed by atoms with Crippen LogP contribution in [0.15, 0.2) is 0 Å². The first kappa shape index (κ1) is 10.9. The fraction of sp³-hybridized carbons (Fsp3) is 0.750. The number of rotatable bonds is 3. The molecule has 0 heterocycles. The number of carboxylic acid groups (broad SMARTS) is 1. The minimum absolute atomic E-state index is 0.00579. The van der Waals surface area contributed by atoms with E-state index in [9.17, 15) is 9.59 Å². The van der Waals surface area contributed by atoms with E-state index >= 15 is 0 Å². The molecule has 1 amide bonds. The fourth-order valence-corrected chi connectivity index (χ4v) is 0.564. The molecule has 4 nitrogen and oxygen atoms in total. The van der Waals surface area contributed by atoms with Crippen molar-refractivity contribution in [1.29, 1.82) is 0 Å². The predicted molar refractivity (Wildman–Crippen MR) is 44.7 cm³/mol. The first-order chi connectivity index (χ1) is 5.31. The highest BCUT2D eigenvalue weighted by Crippen LogP contribution is 2.09. The van der Waals surface area contributed by atoms with Crippen LogP contribution in [0.3, 0.4) is 0 Å². The third-order valence-corrected chi connectivity index (χ3v) is 1.13. The molecule has 0 aromatic carbocycles. The van der Waals surface area contributed by atoms with Crippen LogP contribution in [0.5, 0.6) is 0 Å². The highest BCUT2D eigenvalue weighted by molar-refractivity contribution is 5.93. The fourth-order valence-electron chi connectivity index (χ4n) is 0.564. The van der Waals surface area contributed by atoms with E-state index in [1.165, 1.54) is 0 Å². The van der Waals surface area contributed by atoms with Gasteiger partial charge in [-0.05, 0) is 5.41 Å². The Morgan fingerprint density at radius 3 is 2.17 bits per heavy atom. The lowest BCUT2D eigenvalue weighted by Gasteiger charge is -2.18. The van der Waals surface area contributed by atoms with Crippen LogP contribution in [0.1, 0.15) is 27.2 Å². The predicted octanol–water partition coefficient (Wildman–Crippen LogP) is 0.623. The maximum absolute atomic E-state index is 10.8. The summed E-state index contributed by atoms with van der Waals surface area (Å²) in [5.41, 5.74) is -0.00579. The molecule has 0 radical (unpaired) electrons. The summed E-state index contributed by atoms with van der Waals surface area (Å²) in [6, 6.07) is 0. The second-order valence-corrected chi connectivity index (χ2v) is 3.91. The third kappa shape index (κ3) is 7.05. The number of carbonyl (C=O) groups excluding carboxylic acids is 1. The molecule has 0 unspecified atom stereocenters. The molecule has 0 bridgehead atoms. The number of hydrogen-bond acceptors (Lipinski definition) is 2. The summed E-state index contributed by atoms with van der Waals surface area (Å²) >= 11 is 0. The van der Waals surface area contributed by atoms with Crippen LogP contribution in [0.2, 0.25) is 0 Å². The van der Waals surface area contributed by atoms with E-state index in [0.717, 1.165) is 0 Å². The van der Waals surface area contributed by atoms with Gasteiger partial charge >= 0.3 is 5.97 Å². The Bertz CT molecular complexity index is 181. The van der Waals surface area contributed by atoms with Crippen LogP contribution in [0.25, 0.3) is 0 Å². The van der Waals surface area contributed by atoms with Gasteiger partial charge in [-0.1, -0.05) is 20.8 Å². The Morgan fingerprint density at radius 2 is 1.83 bits per heavy atom. The summed E-state index contributed by atoms with van der Waals surface area (Å²) in [6.07, 6.45) is -0.448. The van der Waals surface area contributed by atoms with Crippen molar-refractivity contribution in [2.75, 3.05) is 6.54 Å². The summed E-state index contributed by atoms with van der Waals surface area (Å²) in [6.45, 7) is 6.40. The van der Waals surface area contributed by atoms with Crippen molar-refractivity contribution in [3.05, 3.63) is 0 Å². The molecule has 0 aromatic rings. The molecular formula is C8H15NO3. The van der Waals surface area contributed by atoms with Crippen molar-refractivity contribution in [3.8, 4) is 0 Å². The molecular weight excluding hydrogens is 158 g/mol. The van der Waals surface area contributed by atoms with Crippen molar-refractivity contribution in [2.24, 2.45) is 5.41 Å². The number of carbonyl (C=O) groups is 2. The highest BCUT2D eigenvalue weighted by Gasteiger charge is 2.13. The maximum Gasteiger partial charge on any atom is 0.312 e. The van der Waals surface area contributed by atoms with Gasteiger partial charge < -0.3 is 10.4 Å². The van der Waals surface area contributed by atoms with Crippen LogP contribution in [-0.2, 0) is 9.59 Å². The van der Waals surface area contributed by atoms with Crippen LogP contribution >= 0.6 is 0 Å². The van der Waals surface area contributed by atoms with Crippen LogP contribution < -0.4 is 5.32 Å². The Labute approximate surface area is 72.0 Å². The van der Waals surface area contributed by atoms with Gasteiger partial charge in [0.25, 0.3) is 0 Å². The average Bonchev–Trinajstić information content (AvgIpc) is 1.80. The molecule has 0 atom stereocenters. The van der Waals surface area contributed by atoms with Crippen molar-refractivity contribution in [2.45, 2.75) is 27.2 Å². The van der Waals surface area contributed by atoms with Gasteiger partial charge in [0, 0.05) is 6.54 Å². The minimum Gasteiger partial charge on any atom is -0.481 e. The second-order valence-electron chi connectivity index (χ2n) is 3.91. The van der Waals surface area contributed by atoms with E-state index in [2.05, 4.69) is 5.32 Å². The Kier molecular flexibility index (Phi) is 3.73. The van der Waals surface area contributed by atoms with Gasteiger partial charge in [0.2, 0.25) is 5.91 Å². The van der Waals surface area contributed by atoms with E-state index < -0.39 is 18.3 Å². The van der Waals surface area contributed by atoms with E-state index in [-0.39, 0.29) is 5.41 Å². The average molecular weight is 173 g/mol. The van der Waals surface area contributed by atoms with Gasteiger partial charge in [0.05, 0.1) is 0 Å². The summed E-state index contributed by atoms with van der Waals surface area (Å²) in [5, 5.41) is 10.8. The zero-order chi connectivity index (χ0) is 9.78. The molecule has 0 rings (SSSR count). The molecule has 2 N–H and O–H groups in total. The quantitative estimate of drug-likeness (QED) is 0.615. The summed E-state index contributed by atoms with van der Waals surface area (Å²) in [7, 11) is 0. The second kappa shape index (κ2) is 4.09. The molecule has 0 aliphatic heterocycles. The molecule has 0 aromatic heterocycles.